The maximum absolute atomic E-state index is 13.3. The van der Waals surface area contributed by atoms with Gasteiger partial charge in [0.25, 0.3) is 0 Å². The highest BCUT2D eigenvalue weighted by Gasteiger charge is 2.37. The normalized spacial score (nSPS) is 23.7. The van der Waals surface area contributed by atoms with Crippen molar-refractivity contribution < 1.29 is 36.3 Å². The summed E-state index contributed by atoms with van der Waals surface area (Å²) in [4.78, 5) is 20.9. The number of rotatable bonds is 5. The van der Waals surface area contributed by atoms with E-state index in [1.54, 1.807) is 28.9 Å². The number of carbonyl (C=O) groups is 1. The van der Waals surface area contributed by atoms with Gasteiger partial charge in [0.1, 0.15) is 0 Å². The van der Waals surface area contributed by atoms with Gasteiger partial charge in [0.2, 0.25) is 5.89 Å². The predicted octanol–water partition coefficient (Wildman–Crippen LogP) is 4.33. The fraction of sp³-hybridized carbons (Fsp3) is 0.591. The largest absolute Gasteiger partial charge is 0.462 e. The first-order chi connectivity index (χ1) is 16.5. The van der Waals surface area contributed by atoms with Crippen LogP contribution in [0.15, 0.2) is 28.8 Å². The summed E-state index contributed by atoms with van der Waals surface area (Å²) in [5.41, 5.74) is 0.989. The fourth-order valence-corrected chi connectivity index (χ4v) is 5.74. The number of hydrogen-bond donors (Lipinski definition) is 2. The molecule has 1 aromatic carbocycles. The van der Waals surface area contributed by atoms with Crippen molar-refractivity contribution in [3.8, 4) is 6.01 Å². The lowest BCUT2D eigenvalue weighted by Gasteiger charge is -2.44. The standard InChI is InChI=1S/C22H29F3N4O5S/c1-2-33-20-26-19(34-27-20)18-11-17(16-5-3-15(4-6-16)12-22(23,24)25)13-29(14-18)21(30)28-7-9-35(31,32)10-8-28/h3-6,17-18,31-32H,2,7-14H2,1H3. The minimum absolute atomic E-state index is 0.111. The second-order valence-corrected chi connectivity index (χ2v) is 11.3. The van der Waals surface area contributed by atoms with Gasteiger partial charge in [-0.25, -0.2) is 4.79 Å². The van der Waals surface area contributed by atoms with E-state index in [1.807, 2.05) is 0 Å². The molecule has 0 radical (unpaired) electrons. The monoisotopic (exact) mass is 518 g/mol. The second-order valence-electron chi connectivity index (χ2n) is 8.90. The van der Waals surface area contributed by atoms with Crippen LogP contribution in [0.1, 0.15) is 42.2 Å². The summed E-state index contributed by atoms with van der Waals surface area (Å²) < 4.78 is 68.7. The van der Waals surface area contributed by atoms with Gasteiger partial charge in [-0.15, -0.1) is 0 Å². The summed E-state index contributed by atoms with van der Waals surface area (Å²) in [5, 5.41) is 3.82. The Morgan fingerprint density at radius 1 is 1.14 bits per heavy atom. The van der Waals surface area contributed by atoms with Crippen LogP contribution in [0.4, 0.5) is 18.0 Å². The molecule has 4 rings (SSSR count). The summed E-state index contributed by atoms with van der Waals surface area (Å²) in [6.07, 6.45) is -4.72. The van der Waals surface area contributed by atoms with E-state index in [0.29, 0.717) is 32.0 Å². The molecular weight excluding hydrogens is 489 g/mol. The van der Waals surface area contributed by atoms with Crippen molar-refractivity contribution in [2.45, 2.75) is 37.8 Å². The number of piperidine rings is 1. The number of halogens is 3. The highest BCUT2D eigenvalue weighted by molar-refractivity contribution is 8.24. The molecule has 1 aromatic heterocycles. The van der Waals surface area contributed by atoms with Crippen LogP contribution >= 0.6 is 10.6 Å². The second kappa shape index (κ2) is 10.2. The number of benzene rings is 1. The van der Waals surface area contributed by atoms with Crippen molar-refractivity contribution in [3.63, 3.8) is 0 Å². The van der Waals surface area contributed by atoms with Crippen LogP contribution in [-0.2, 0) is 6.42 Å². The zero-order valence-corrected chi connectivity index (χ0v) is 20.1. The molecule has 9 nitrogen and oxygen atoms in total. The molecule has 0 saturated carbocycles. The predicted molar refractivity (Wildman–Crippen MR) is 123 cm³/mol. The third-order valence-corrected chi connectivity index (χ3v) is 7.94. The summed E-state index contributed by atoms with van der Waals surface area (Å²) in [6, 6.07) is 6.16. The third kappa shape index (κ3) is 6.58. The number of likely N-dealkylation sites (tertiary alicyclic amines) is 1. The zero-order chi connectivity index (χ0) is 25.2. The van der Waals surface area contributed by atoms with E-state index < -0.39 is 23.2 Å². The van der Waals surface area contributed by atoms with Crippen LogP contribution in [-0.4, -0.2) is 85.5 Å². The molecule has 2 amide bonds. The molecule has 3 heterocycles. The number of nitrogens with zero attached hydrogens (tertiary/aromatic N) is 4. The van der Waals surface area contributed by atoms with Gasteiger partial charge in [-0.05, 0) is 29.6 Å². The minimum Gasteiger partial charge on any atom is -0.462 e. The van der Waals surface area contributed by atoms with Crippen molar-refractivity contribution in [2.24, 2.45) is 0 Å². The van der Waals surface area contributed by atoms with E-state index in [-0.39, 0.29) is 54.0 Å². The van der Waals surface area contributed by atoms with Gasteiger partial charge in [0.15, 0.2) is 0 Å². The first-order valence-corrected chi connectivity index (χ1v) is 13.3. The third-order valence-electron chi connectivity index (χ3n) is 6.27. The molecule has 0 aliphatic carbocycles. The Balaban J connectivity index is 1.54. The van der Waals surface area contributed by atoms with E-state index in [9.17, 15) is 27.1 Å². The number of urea groups is 1. The molecule has 2 aliphatic heterocycles. The topological polar surface area (TPSA) is 112 Å². The average Bonchev–Trinajstić information content (AvgIpc) is 3.27. The Morgan fingerprint density at radius 2 is 1.80 bits per heavy atom. The molecule has 2 unspecified atom stereocenters. The molecule has 0 bridgehead atoms. The molecule has 2 aliphatic rings. The van der Waals surface area contributed by atoms with Crippen LogP contribution < -0.4 is 4.74 Å². The number of aromatic nitrogens is 2. The zero-order valence-electron chi connectivity index (χ0n) is 19.3. The van der Waals surface area contributed by atoms with E-state index in [0.717, 1.165) is 5.56 Å². The van der Waals surface area contributed by atoms with Crippen molar-refractivity contribution in [2.75, 3.05) is 44.3 Å². The Bertz CT molecular complexity index is 1010. The Labute approximate surface area is 202 Å². The highest BCUT2D eigenvalue weighted by atomic mass is 32.3. The number of alkyl halides is 3. The molecule has 2 atom stereocenters. The first kappa shape index (κ1) is 25.6. The maximum atomic E-state index is 13.3. The van der Waals surface area contributed by atoms with Gasteiger partial charge < -0.3 is 19.1 Å². The molecule has 2 saturated heterocycles. The highest BCUT2D eigenvalue weighted by Crippen LogP contribution is 2.41. The average molecular weight is 519 g/mol. The molecule has 13 heteroatoms. The Morgan fingerprint density at radius 3 is 2.43 bits per heavy atom. The van der Waals surface area contributed by atoms with Crippen molar-refractivity contribution in [1.29, 1.82) is 0 Å². The minimum atomic E-state index is -4.28. The maximum Gasteiger partial charge on any atom is 0.393 e. The first-order valence-electron chi connectivity index (χ1n) is 11.4. The van der Waals surface area contributed by atoms with Crippen LogP contribution in [0.25, 0.3) is 0 Å². The number of hydrogen-bond acceptors (Lipinski definition) is 7. The van der Waals surface area contributed by atoms with Crippen LogP contribution in [0.2, 0.25) is 0 Å². The Hall–Kier alpha value is -2.51. The summed E-state index contributed by atoms with van der Waals surface area (Å²) in [6.45, 7) is 3.34. The van der Waals surface area contributed by atoms with E-state index >= 15 is 0 Å². The molecule has 2 N–H and O–H groups in total. The fourth-order valence-electron chi connectivity index (χ4n) is 4.51. The molecule has 194 valence electrons. The van der Waals surface area contributed by atoms with Gasteiger partial charge in [-0.2, -0.15) is 28.7 Å². The summed E-state index contributed by atoms with van der Waals surface area (Å²) >= 11 is 0. The van der Waals surface area contributed by atoms with Gasteiger partial charge in [0.05, 0.1) is 30.5 Å². The van der Waals surface area contributed by atoms with Crippen LogP contribution in [0, 0.1) is 0 Å². The van der Waals surface area contributed by atoms with Gasteiger partial charge in [0, 0.05) is 32.1 Å². The molecule has 35 heavy (non-hydrogen) atoms. The number of carbonyl (C=O) groups excluding carboxylic acids is 1. The molecule has 0 spiro atoms. The molecular formula is C22H29F3N4O5S. The van der Waals surface area contributed by atoms with E-state index in [2.05, 4.69) is 10.1 Å². The van der Waals surface area contributed by atoms with Gasteiger partial charge in [-0.1, -0.05) is 24.3 Å². The van der Waals surface area contributed by atoms with Crippen LogP contribution in [0.5, 0.6) is 6.01 Å². The van der Waals surface area contributed by atoms with Crippen LogP contribution in [0.3, 0.4) is 0 Å². The molecule has 2 fully saturated rings. The van der Waals surface area contributed by atoms with Gasteiger partial charge >= 0.3 is 18.2 Å². The quantitative estimate of drug-likeness (QED) is 0.606. The van der Waals surface area contributed by atoms with Gasteiger partial charge in [-0.3, -0.25) is 9.11 Å². The van der Waals surface area contributed by atoms with Crippen molar-refractivity contribution >= 4 is 16.6 Å². The van der Waals surface area contributed by atoms with Crippen molar-refractivity contribution in [3.05, 3.63) is 41.3 Å². The lowest BCUT2D eigenvalue weighted by Crippen LogP contribution is -2.52. The summed E-state index contributed by atoms with van der Waals surface area (Å²) in [5.74, 6) is 0.158. The SMILES string of the molecule is CCOc1noc(C2CC(c3ccc(CC(F)(F)F)cc3)CN(C(=O)N3CCS(O)(O)CC3)C2)n1. The van der Waals surface area contributed by atoms with Crippen molar-refractivity contribution in [1.82, 2.24) is 19.9 Å². The number of ether oxygens (including phenoxy) is 1. The smallest absolute Gasteiger partial charge is 0.393 e. The van der Waals surface area contributed by atoms with E-state index in [4.69, 9.17) is 9.26 Å². The molecule has 2 aromatic rings. The number of amides is 2. The van der Waals surface area contributed by atoms with E-state index in [1.165, 1.54) is 12.1 Å². The lowest BCUT2D eigenvalue weighted by atomic mass is 9.84. The lowest BCUT2D eigenvalue weighted by molar-refractivity contribution is -0.127. The summed E-state index contributed by atoms with van der Waals surface area (Å²) in [7, 11) is -2.65. The Kier molecular flexibility index (Phi) is 7.48.